The minimum Gasteiger partial charge on any atom is -0.472 e. The van der Waals surface area contributed by atoms with Gasteiger partial charge in [0.1, 0.15) is 6.10 Å². The molecule has 1 aromatic rings. The molecule has 0 saturated heterocycles. The molecule has 3 heteroatoms. The van der Waals surface area contributed by atoms with E-state index in [0.717, 1.165) is 25.7 Å². The summed E-state index contributed by atoms with van der Waals surface area (Å²) in [5.74, 6) is 0.904. The zero-order valence-corrected chi connectivity index (χ0v) is 14.7. The average Bonchev–Trinajstić information content (AvgIpc) is 2.94. The Morgan fingerprint density at radius 3 is 2.61 bits per heavy atom. The second-order valence-corrected chi connectivity index (χ2v) is 9.22. The summed E-state index contributed by atoms with van der Waals surface area (Å²) in [7, 11) is 0. The maximum Gasteiger partial charge on any atom is 0.167 e. The number of carbonyl (C=O) groups is 1. The van der Waals surface area contributed by atoms with Gasteiger partial charge in [-0.25, -0.2) is 0 Å². The molecule has 126 valence electrons. The number of fused-ring (bicyclic) bond motifs is 5. The molecule has 0 spiro atoms. The number of ketones is 1. The minimum atomic E-state index is -0.806. The molecule has 0 aliphatic heterocycles. The number of rotatable bonds is 0. The molecular weight excluding hydrogens is 288 g/mol. The Kier molecular flexibility index (Phi) is 3.02. The second-order valence-electron chi connectivity index (χ2n) is 9.22. The summed E-state index contributed by atoms with van der Waals surface area (Å²) in [4.78, 5) is 12.6. The summed E-state index contributed by atoms with van der Waals surface area (Å²) in [6, 6.07) is 0. The summed E-state index contributed by atoms with van der Waals surface area (Å²) in [5.41, 5.74) is 2.43. The Morgan fingerprint density at radius 1 is 1.13 bits per heavy atom. The van der Waals surface area contributed by atoms with E-state index in [2.05, 4.69) is 27.7 Å². The molecule has 3 aliphatic carbocycles. The van der Waals surface area contributed by atoms with Crippen molar-refractivity contribution >= 4 is 5.78 Å². The third-order valence-electron chi connectivity index (χ3n) is 7.82. The first kappa shape index (κ1) is 15.4. The van der Waals surface area contributed by atoms with Gasteiger partial charge in [0.25, 0.3) is 0 Å². The summed E-state index contributed by atoms with van der Waals surface area (Å²) >= 11 is 0. The molecule has 3 nitrogen and oxygen atoms in total. The monoisotopic (exact) mass is 316 g/mol. The van der Waals surface area contributed by atoms with E-state index in [4.69, 9.17) is 4.42 Å². The first-order valence-electron chi connectivity index (χ1n) is 8.99. The molecule has 2 saturated carbocycles. The van der Waals surface area contributed by atoms with Gasteiger partial charge in [-0.05, 0) is 65.9 Å². The van der Waals surface area contributed by atoms with Crippen LogP contribution in [-0.4, -0.2) is 17.0 Å². The SMILES string of the molecule is CC1(C)C(=O)[C@@H](O)C[C@]2(C)[C@H]3CCc4cocc4[C@]3(C)CC[C@@H]12. The van der Waals surface area contributed by atoms with Crippen molar-refractivity contribution in [2.45, 2.75) is 71.3 Å². The number of furan rings is 1. The Hall–Kier alpha value is -1.09. The lowest BCUT2D eigenvalue weighted by molar-refractivity contribution is -0.171. The Morgan fingerprint density at radius 2 is 1.87 bits per heavy atom. The third-order valence-corrected chi connectivity index (χ3v) is 7.82. The van der Waals surface area contributed by atoms with Gasteiger partial charge in [0.2, 0.25) is 0 Å². The van der Waals surface area contributed by atoms with Gasteiger partial charge in [0.05, 0.1) is 12.5 Å². The minimum absolute atomic E-state index is 0.0127. The van der Waals surface area contributed by atoms with Crippen LogP contribution in [0, 0.1) is 22.7 Å². The number of hydrogen-bond donors (Lipinski definition) is 1. The predicted molar refractivity (Wildman–Crippen MR) is 88.1 cm³/mol. The molecule has 2 fully saturated rings. The van der Waals surface area contributed by atoms with Gasteiger partial charge in [0.15, 0.2) is 5.78 Å². The smallest absolute Gasteiger partial charge is 0.167 e. The first-order valence-corrected chi connectivity index (χ1v) is 8.99. The number of Topliss-reactive ketones (excluding diaryl/α,β-unsaturated/α-hetero) is 1. The molecule has 0 bridgehead atoms. The number of carbonyl (C=O) groups excluding carboxylic acids is 1. The summed E-state index contributed by atoms with van der Waals surface area (Å²) in [6.45, 7) is 8.81. The zero-order chi connectivity index (χ0) is 16.6. The molecule has 1 N–H and O–H groups in total. The van der Waals surface area contributed by atoms with Gasteiger partial charge < -0.3 is 9.52 Å². The van der Waals surface area contributed by atoms with Gasteiger partial charge in [-0.1, -0.05) is 27.7 Å². The van der Waals surface area contributed by atoms with E-state index in [9.17, 15) is 9.90 Å². The molecule has 3 aliphatic rings. The second kappa shape index (κ2) is 4.50. The van der Waals surface area contributed by atoms with Crippen LogP contribution in [0.4, 0.5) is 0 Å². The van der Waals surface area contributed by atoms with Crippen molar-refractivity contribution < 1.29 is 14.3 Å². The van der Waals surface area contributed by atoms with Crippen LogP contribution in [0.15, 0.2) is 16.9 Å². The van der Waals surface area contributed by atoms with E-state index in [1.165, 1.54) is 11.1 Å². The third kappa shape index (κ3) is 1.77. The van der Waals surface area contributed by atoms with E-state index in [-0.39, 0.29) is 16.6 Å². The number of aliphatic hydroxyl groups excluding tert-OH is 1. The average molecular weight is 316 g/mol. The molecule has 0 aromatic carbocycles. The van der Waals surface area contributed by atoms with Crippen molar-refractivity contribution in [2.24, 2.45) is 22.7 Å². The van der Waals surface area contributed by atoms with Crippen LogP contribution in [-0.2, 0) is 16.6 Å². The van der Waals surface area contributed by atoms with E-state index in [1.807, 2.05) is 12.5 Å². The largest absolute Gasteiger partial charge is 0.472 e. The maximum absolute atomic E-state index is 12.6. The van der Waals surface area contributed by atoms with E-state index in [0.29, 0.717) is 18.3 Å². The lowest BCUT2D eigenvalue weighted by atomic mass is 9.40. The van der Waals surface area contributed by atoms with Crippen LogP contribution >= 0.6 is 0 Å². The van der Waals surface area contributed by atoms with Crippen LogP contribution in [0.5, 0.6) is 0 Å². The Bertz CT molecular complexity index is 658. The molecule has 23 heavy (non-hydrogen) atoms. The maximum atomic E-state index is 12.6. The van der Waals surface area contributed by atoms with Gasteiger partial charge in [0, 0.05) is 5.41 Å². The molecule has 0 radical (unpaired) electrons. The van der Waals surface area contributed by atoms with Crippen LogP contribution in [0.3, 0.4) is 0 Å². The molecular formula is C20H28O3. The fourth-order valence-electron chi connectivity index (χ4n) is 6.79. The highest BCUT2D eigenvalue weighted by molar-refractivity contribution is 5.89. The van der Waals surface area contributed by atoms with Crippen LogP contribution < -0.4 is 0 Å². The fourth-order valence-corrected chi connectivity index (χ4v) is 6.79. The summed E-state index contributed by atoms with van der Waals surface area (Å²) in [6.07, 6.45) is 8.02. The van der Waals surface area contributed by atoms with Gasteiger partial charge in [-0.2, -0.15) is 0 Å². The molecule has 0 amide bonds. The lowest BCUT2D eigenvalue weighted by Gasteiger charge is -2.63. The number of aryl methyl sites for hydroxylation is 1. The quantitative estimate of drug-likeness (QED) is 0.790. The molecule has 0 unspecified atom stereocenters. The van der Waals surface area contributed by atoms with Crippen LogP contribution in [0.2, 0.25) is 0 Å². The van der Waals surface area contributed by atoms with Crippen molar-refractivity contribution in [1.29, 1.82) is 0 Å². The van der Waals surface area contributed by atoms with E-state index >= 15 is 0 Å². The van der Waals surface area contributed by atoms with Crippen LogP contribution in [0.25, 0.3) is 0 Å². The summed E-state index contributed by atoms with van der Waals surface area (Å²) < 4.78 is 5.53. The Labute approximate surface area is 138 Å². The zero-order valence-electron chi connectivity index (χ0n) is 14.7. The van der Waals surface area contributed by atoms with E-state index < -0.39 is 11.5 Å². The number of hydrogen-bond acceptors (Lipinski definition) is 3. The van der Waals surface area contributed by atoms with Crippen LogP contribution in [0.1, 0.15) is 64.5 Å². The highest BCUT2D eigenvalue weighted by Gasteiger charge is 2.63. The van der Waals surface area contributed by atoms with Crippen molar-refractivity contribution in [3.63, 3.8) is 0 Å². The standard InChI is InChI=1S/C20H28O3/c1-18(2)15-7-8-19(3)13-11-23-10-12(13)5-6-16(19)20(15,4)9-14(21)17(18)22/h10-11,14-16,21H,5-9H2,1-4H3/t14-,15-,16-,19-,20-/m0/s1. The first-order chi connectivity index (χ1) is 10.7. The highest BCUT2D eigenvalue weighted by atomic mass is 16.3. The van der Waals surface area contributed by atoms with Crippen molar-refractivity contribution in [2.75, 3.05) is 0 Å². The van der Waals surface area contributed by atoms with Gasteiger partial charge in [-0.3, -0.25) is 4.79 Å². The molecule has 4 rings (SSSR count). The normalized spacial score (nSPS) is 45.1. The Balaban J connectivity index is 1.82. The van der Waals surface area contributed by atoms with Crippen molar-refractivity contribution in [1.82, 2.24) is 0 Å². The summed E-state index contributed by atoms with van der Waals surface area (Å²) in [5, 5.41) is 10.5. The van der Waals surface area contributed by atoms with Gasteiger partial charge in [-0.15, -0.1) is 0 Å². The topological polar surface area (TPSA) is 50.4 Å². The fraction of sp³-hybridized carbons (Fsp3) is 0.750. The highest BCUT2D eigenvalue weighted by Crippen LogP contribution is 2.66. The molecule has 1 aromatic heterocycles. The van der Waals surface area contributed by atoms with Crippen molar-refractivity contribution in [3.8, 4) is 0 Å². The predicted octanol–water partition coefficient (Wildman–Crippen LogP) is 3.88. The lowest BCUT2D eigenvalue weighted by Crippen LogP contribution is -2.62. The van der Waals surface area contributed by atoms with Gasteiger partial charge >= 0.3 is 0 Å². The molecule has 1 heterocycles. The van der Waals surface area contributed by atoms with Crippen molar-refractivity contribution in [3.05, 3.63) is 23.7 Å². The van der Waals surface area contributed by atoms with E-state index in [1.54, 1.807) is 0 Å². The number of aliphatic hydroxyl groups is 1. The molecule has 5 atom stereocenters.